The van der Waals surface area contributed by atoms with Crippen molar-refractivity contribution in [1.29, 1.82) is 0 Å². The molecule has 0 aromatic heterocycles. The van der Waals surface area contributed by atoms with Crippen molar-refractivity contribution in [2.75, 3.05) is 26.2 Å². The molecule has 174 valence electrons. The van der Waals surface area contributed by atoms with Crippen LogP contribution in [0.4, 0.5) is 0 Å². The van der Waals surface area contributed by atoms with Crippen molar-refractivity contribution < 1.29 is 5.11 Å². The third-order valence-corrected chi connectivity index (χ3v) is 8.40. The van der Waals surface area contributed by atoms with Crippen LogP contribution in [0.1, 0.15) is 86.5 Å². The van der Waals surface area contributed by atoms with E-state index >= 15 is 0 Å². The molecule has 2 aromatic carbocycles. The fourth-order valence-corrected chi connectivity index (χ4v) is 6.37. The molecule has 3 aliphatic rings. The SMILES string of the molecule is OCC1(CCCCN2CCC(=C3c4ccccc4C=Cc4ccccc43)CC2)CCCCC1. The molecular weight excluding hydrogens is 402 g/mol. The summed E-state index contributed by atoms with van der Waals surface area (Å²) in [5.41, 5.74) is 8.79. The lowest BCUT2D eigenvalue weighted by Crippen LogP contribution is -2.32. The van der Waals surface area contributed by atoms with Gasteiger partial charge in [-0.15, -0.1) is 0 Å². The molecule has 1 heterocycles. The molecule has 1 N–H and O–H groups in total. The van der Waals surface area contributed by atoms with Gasteiger partial charge in [-0.1, -0.05) is 91.9 Å². The molecule has 1 aliphatic heterocycles. The standard InChI is InChI=1S/C31H39NO/c33-24-31(18-6-1-7-19-31)20-8-9-21-32-22-16-27(17-23-32)30-28-12-4-2-10-25(28)14-15-26-11-3-5-13-29(26)30/h2-5,10-15,33H,1,6-9,16-24H2. The van der Waals surface area contributed by atoms with Crippen LogP contribution in [0.2, 0.25) is 0 Å². The number of likely N-dealkylation sites (tertiary alicyclic amines) is 1. The van der Waals surface area contributed by atoms with E-state index in [1.54, 1.807) is 5.57 Å². The molecule has 1 saturated carbocycles. The van der Waals surface area contributed by atoms with E-state index in [0.717, 1.165) is 0 Å². The number of rotatable bonds is 6. The first-order valence-corrected chi connectivity index (χ1v) is 13.2. The Kier molecular flexibility index (Phi) is 7.13. The molecule has 0 bridgehead atoms. The Morgan fingerprint density at radius 2 is 1.36 bits per heavy atom. The fourth-order valence-electron chi connectivity index (χ4n) is 6.37. The van der Waals surface area contributed by atoms with Crippen LogP contribution in [0, 0.1) is 5.41 Å². The van der Waals surface area contributed by atoms with E-state index in [9.17, 15) is 5.11 Å². The van der Waals surface area contributed by atoms with Gasteiger partial charge in [0.25, 0.3) is 0 Å². The van der Waals surface area contributed by atoms with E-state index in [-0.39, 0.29) is 5.41 Å². The summed E-state index contributed by atoms with van der Waals surface area (Å²) >= 11 is 0. The van der Waals surface area contributed by atoms with Gasteiger partial charge in [-0.05, 0) is 78.3 Å². The second-order valence-corrected chi connectivity index (χ2v) is 10.5. The van der Waals surface area contributed by atoms with Crippen molar-refractivity contribution in [2.45, 2.75) is 64.2 Å². The summed E-state index contributed by atoms with van der Waals surface area (Å²) in [4.78, 5) is 2.67. The molecule has 2 heteroatoms. The average molecular weight is 442 g/mol. The van der Waals surface area contributed by atoms with Crippen molar-refractivity contribution >= 4 is 17.7 Å². The van der Waals surface area contributed by atoms with Gasteiger partial charge in [-0.3, -0.25) is 0 Å². The Bertz CT molecular complexity index is 950. The highest BCUT2D eigenvalue weighted by molar-refractivity contribution is 5.94. The first kappa shape index (κ1) is 22.6. The summed E-state index contributed by atoms with van der Waals surface area (Å²) in [7, 11) is 0. The summed E-state index contributed by atoms with van der Waals surface area (Å²) in [5, 5.41) is 9.98. The molecule has 0 amide bonds. The van der Waals surface area contributed by atoms with Crippen LogP contribution >= 0.6 is 0 Å². The first-order valence-electron chi connectivity index (χ1n) is 13.2. The maximum Gasteiger partial charge on any atom is 0.0487 e. The van der Waals surface area contributed by atoms with Crippen molar-refractivity contribution in [3.05, 3.63) is 76.4 Å². The quantitative estimate of drug-likeness (QED) is 0.410. The minimum Gasteiger partial charge on any atom is -0.396 e. The van der Waals surface area contributed by atoms with Crippen LogP contribution in [0.5, 0.6) is 0 Å². The third-order valence-electron chi connectivity index (χ3n) is 8.40. The molecule has 5 rings (SSSR count). The van der Waals surface area contributed by atoms with E-state index in [2.05, 4.69) is 65.6 Å². The van der Waals surface area contributed by atoms with E-state index in [4.69, 9.17) is 0 Å². The summed E-state index contributed by atoms with van der Waals surface area (Å²) in [6, 6.07) is 17.8. The number of hydrogen-bond acceptors (Lipinski definition) is 2. The predicted molar refractivity (Wildman–Crippen MR) is 140 cm³/mol. The highest BCUT2D eigenvalue weighted by Gasteiger charge is 2.30. The molecule has 0 radical (unpaired) electrons. The van der Waals surface area contributed by atoms with Crippen LogP contribution in [0.25, 0.3) is 17.7 Å². The van der Waals surface area contributed by atoms with E-state index in [1.165, 1.54) is 112 Å². The molecule has 0 atom stereocenters. The Morgan fingerprint density at radius 3 is 1.97 bits per heavy atom. The topological polar surface area (TPSA) is 23.5 Å². The average Bonchev–Trinajstić information content (AvgIpc) is 3.05. The Balaban J connectivity index is 1.24. The lowest BCUT2D eigenvalue weighted by atomic mass is 9.71. The minimum absolute atomic E-state index is 0.242. The van der Waals surface area contributed by atoms with Crippen LogP contribution in [-0.4, -0.2) is 36.2 Å². The minimum atomic E-state index is 0.242. The first-order chi connectivity index (χ1) is 16.3. The van der Waals surface area contributed by atoms with E-state index in [1.807, 2.05) is 0 Å². The number of aliphatic hydroxyl groups is 1. The molecule has 1 saturated heterocycles. The zero-order valence-corrected chi connectivity index (χ0v) is 20.1. The normalized spacial score (nSPS) is 20.3. The maximum absolute atomic E-state index is 9.98. The highest BCUT2D eigenvalue weighted by Crippen LogP contribution is 2.41. The number of nitrogens with zero attached hydrogens (tertiary/aromatic N) is 1. The lowest BCUT2D eigenvalue weighted by Gasteiger charge is -2.36. The molecule has 0 unspecified atom stereocenters. The number of piperidine rings is 1. The number of aliphatic hydroxyl groups excluding tert-OH is 1. The van der Waals surface area contributed by atoms with Crippen LogP contribution in [0.15, 0.2) is 54.1 Å². The van der Waals surface area contributed by atoms with Crippen molar-refractivity contribution in [2.24, 2.45) is 5.41 Å². The Morgan fingerprint density at radius 1 is 0.758 bits per heavy atom. The fraction of sp³-hybridized carbons (Fsp3) is 0.484. The summed E-state index contributed by atoms with van der Waals surface area (Å²) in [6.45, 7) is 3.94. The zero-order valence-electron chi connectivity index (χ0n) is 20.1. The van der Waals surface area contributed by atoms with Crippen molar-refractivity contribution in [3.8, 4) is 0 Å². The van der Waals surface area contributed by atoms with E-state index in [0.29, 0.717) is 6.61 Å². The van der Waals surface area contributed by atoms with Gasteiger partial charge in [0, 0.05) is 19.7 Å². The zero-order chi connectivity index (χ0) is 22.5. The largest absolute Gasteiger partial charge is 0.396 e. The van der Waals surface area contributed by atoms with Crippen LogP contribution in [-0.2, 0) is 0 Å². The number of fused-ring (bicyclic) bond motifs is 2. The number of hydrogen-bond donors (Lipinski definition) is 1. The number of unbranched alkanes of at least 4 members (excludes halogenated alkanes) is 1. The lowest BCUT2D eigenvalue weighted by molar-refractivity contribution is 0.0697. The van der Waals surface area contributed by atoms with Crippen molar-refractivity contribution in [3.63, 3.8) is 0 Å². The predicted octanol–water partition coefficient (Wildman–Crippen LogP) is 7.18. The summed E-state index contributed by atoms with van der Waals surface area (Å²) in [5.74, 6) is 0. The Labute approximate surface area is 200 Å². The van der Waals surface area contributed by atoms with Gasteiger partial charge < -0.3 is 10.0 Å². The molecule has 0 spiro atoms. The van der Waals surface area contributed by atoms with Crippen LogP contribution in [0.3, 0.4) is 0 Å². The van der Waals surface area contributed by atoms with Gasteiger partial charge >= 0.3 is 0 Å². The molecule has 2 aliphatic carbocycles. The summed E-state index contributed by atoms with van der Waals surface area (Å²) < 4.78 is 0. The second-order valence-electron chi connectivity index (χ2n) is 10.5. The van der Waals surface area contributed by atoms with Gasteiger partial charge in [0.15, 0.2) is 0 Å². The molecular formula is C31H39NO. The van der Waals surface area contributed by atoms with E-state index < -0.39 is 0 Å². The third kappa shape index (κ3) is 5.03. The van der Waals surface area contributed by atoms with Gasteiger partial charge in [0.2, 0.25) is 0 Å². The monoisotopic (exact) mass is 441 g/mol. The van der Waals surface area contributed by atoms with Gasteiger partial charge in [0.05, 0.1) is 0 Å². The second kappa shape index (κ2) is 10.4. The number of benzene rings is 2. The molecule has 2 fully saturated rings. The molecule has 2 nitrogen and oxygen atoms in total. The summed E-state index contributed by atoms with van der Waals surface area (Å²) in [6.07, 6.45) is 17.1. The smallest absolute Gasteiger partial charge is 0.0487 e. The van der Waals surface area contributed by atoms with Crippen molar-refractivity contribution in [1.82, 2.24) is 4.90 Å². The van der Waals surface area contributed by atoms with Gasteiger partial charge in [-0.25, -0.2) is 0 Å². The maximum atomic E-state index is 9.98. The molecule has 33 heavy (non-hydrogen) atoms. The van der Waals surface area contributed by atoms with Gasteiger partial charge in [0.1, 0.15) is 0 Å². The highest BCUT2D eigenvalue weighted by atomic mass is 16.3. The molecule has 2 aromatic rings. The van der Waals surface area contributed by atoms with Gasteiger partial charge in [-0.2, -0.15) is 0 Å². The Hall–Kier alpha value is -2.16. The van der Waals surface area contributed by atoms with Crippen LogP contribution < -0.4 is 0 Å².